The van der Waals surface area contributed by atoms with Crippen molar-refractivity contribution in [2.75, 3.05) is 13.2 Å². The van der Waals surface area contributed by atoms with Gasteiger partial charge in [0.05, 0.1) is 17.1 Å². The van der Waals surface area contributed by atoms with Crippen molar-refractivity contribution in [1.82, 2.24) is 5.32 Å². The minimum Gasteiger partial charge on any atom is -0.381 e. The average Bonchev–Trinajstić information content (AvgIpc) is 2.92. The normalized spacial score (nSPS) is 19.7. The van der Waals surface area contributed by atoms with Crippen molar-refractivity contribution in [3.8, 4) is 6.07 Å². The molecule has 0 radical (unpaired) electrons. The second-order valence-corrected chi connectivity index (χ2v) is 5.19. The Morgan fingerprint density at radius 3 is 3.00 bits per heavy atom. The first-order chi connectivity index (χ1) is 9.11. The largest absolute Gasteiger partial charge is 0.381 e. The van der Waals surface area contributed by atoms with Gasteiger partial charge in [0, 0.05) is 18.1 Å². The molecule has 0 aromatic heterocycles. The molecule has 1 aliphatic rings. The summed E-state index contributed by atoms with van der Waals surface area (Å²) in [6.07, 6.45) is 0.756. The van der Waals surface area contributed by atoms with Gasteiger partial charge in [0.2, 0.25) is 0 Å². The Balaban J connectivity index is 2.06. The fourth-order valence-corrected chi connectivity index (χ4v) is 2.31. The Labute approximate surface area is 118 Å². The molecule has 0 aliphatic carbocycles. The van der Waals surface area contributed by atoms with Crippen molar-refractivity contribution in [2.45, 2.75) is 12.5 Å². The smallest absolute Gasteiger partial charge is 0.252 e. The van der Waals surface area contributed by atoms with Crippen molar-refractivity contribution < 1.29 is 13.9 Å². The third-order valence-corrected chi connectivity index (χ3v) is 3.65. The summed E-state index contributed by atoms with van der Waals surface area (Å²) in [6, 6.07) is 5.47. The third kappa shape index (κ3) is 3.31. The number of hydrogen-bond donors (Lipinski definition) is 1. The Kier molecular flexibility index (Phi) is 4.51. The first-order valence-corrected chi connectivity index (χ1v) is 6.64. The predicted molar refractivity (Wildman–Crippen MR) is 69.9 cm³/mol. The van der Waals surface area contributed by atoms with Crippen LogP contribution in [0.2, 0.25) is 0 Å². The SMILES string of the molecule is N#C[C@@H](NC(=O)c1ccc(F)c(Br)c1)[C@@H]1CCOC1. The van der Waals surface area contributed by atoms with Gasteiger partial charge >= 0.3 is 0 Å². The van der Waals surface area contributed by atoms with Gasteiger partial charge in [-0.05, 0) is 40.5 Å². The van der Waals surface area contributed by atoms with Crippen LogP contribution in [-0.2, 0) is 4.74 Å². The van der Waals surface area contributed by atoms with Gasteiger partial charge in [-0.3, -0.25) is 4.79 Å². The van der Waals surface area contributed by atoms with Gasteiger partial charge in [-0.2, -0.15) is 5.26 Å². The number of nitrogens with zero attached hydrogens (tertiary/aromatic N) is 1. The molecule has 1 aromatic rings. The highest BCUT2D eigenvalue weighted by molar-refractivity contribution is 9.10. The number of ether oxygens (including phenoxy) is 1. The lowest BCUT2D eigenvalue weighted by Gasteiger charge is -2.16. The summed E-state index contributed by atoms with van der Waals surface area (Å²) in [5, 5.41) is 11.7. The predicted octanol–water partition coefficient (Wildman–Crippen LogP) is 2.25. The fraction of sp³-hybridized carbons (Fsp3) is 0.385. The third-order valence-electron chi connectivity index (χ3n) is 3.04. The van der Waals surface area contributed by atoms with Gasteiger partial charge in [0.25, 0.3) is 5.91 Å². The average molecular weight is 327 g/mol. The van der Waals surface area contributed by atoms with Crippen LogP contribution in [0, 0.1) is 23.1 Å². The molecule has 19 heavy (non-hydrogen) atoms. The molecule has 4 nitrogen and oxygen atoms in total. The van der Waals surface area contributed by atoms with Crippen molar-refractivity contribution >= 4 is 21.8 Å². The molecule has 0 bridgehead atoms. The van der Waals surface area contributed by atoms with Gasteiger partial charge in [-0.25, -0.2) is 4.39 Å². The van der Waals surface area contributed by atoms with Crippen LogP contribution in [0.4, 0.5) is 4.39 Å². The van der Waals surface area contributed by atoms with Crippen LogP contribution in [0.15, 0.2) is 22.7 Å². The second-order valence-electron chi connectivity index (χ2n) is 4.33. The van der Waals surface area contributed by atoms with Crippen LogP contribution in [0.5, 0.6) is 0 Å². The quantitative estimate of drug-likeness (QED) is 0.926. The monoisotopic (exact) mass is 326 g/mol. The fourth-order valence-electron chi connectivity index (χ4n) is 1.93. The van der Waals surface area contributed by atoms with Crippen LogP contribution in [0.3, 0.4) is 0 Å². The molecule has 2 rings (SSSR count). The number of rotatable bonds is 3. The van der Waals surface area contributed by atoms with E-state index >= 15 is 0 Å². The minimum atomic E-state index is -0.584. The molecular formula is C13H12BrFN2O2. The number of nitrogens with one attached hydrogen (secondary N) is 1. The van der Waals surface area contributed by atoms with E-state index in [9.17, 15) is 9.18 Å². The van der Waals surface area contributed by atoms with Crippen molar-refractivity contribution in [2.24, 2.45) is 5.92 Å². The van der Waals surface area contributed by atoms with Crippen LogP contribution in [-0.4, -0.2) is 25.2 Å². The molecule has 0 unspecified atom stereocenters. The zero-order valence-corrected chi connectivity index (χ0v) is 11.6. The maximum Gasteiger partial charge on any atom is 0.252 e. The molecule has 6 heteroatoms. The number of benzene rings is 1. The lowest BCUT2D eigenvalue weighted by molar-refractivity contribution is 0.0931. The van der Waals surface area contributed by atoms with Gasteiger partial charge in [-0.15, -0.1) is 0 Å². The Bertz CT molecular complexity index is 524. The molecule has 100 valence electrons. The van der Waals surface area contributed by atoms with Crippen LogP contribution >= 0.6 is 15.9 Å². The lowest BCUT2D eigenvalue weighted by Crippen LogP contribution is -2.39. The molecule has 1 amide bonds. The van der Waals surface area contributed by atoms with E-state index in [0.717, 1.165) is 6.42 Å². The van der Waals surface area contributed by atoms with Crippen LogP contribution in [0.25, 0.3) is 0 Å². The molecule has 1 heterocycles. The molecule has 0 saturated carbocycles. The second kappa shape index (κ2) is 6.13. The molecule has 1 aromatic carbocycles. The van der Waals surface area contributed by atoms with Crippen molar-refractivity contribution in [1.29, 1.82) is 5.26 Å². The molecule has 2 atom stereocenters. The maximum atomic E-state index is 13.1. The van der Waals surface area contributed by atoms with E-state index < -0.39 is 11.9 Å². The van der Waals surface area contributed by atoms with Gasteiger partial charge in [-0.1, -0.05) is 0 Å². The summed E-state index contributed by atoms with van der Waals surface area (Å²) in [5.74, 6) is -0.811. The highest BCUT2D eigenvalue weighted by atomic mass is 79.9. The van der Waals surface area contributed by atoms with E-state index in [1.54, 1.807) is 0 Å². The summed E-state index contributed by atoms with van der Waals surface area (Å²) >= 11 is 3.02. The summed E-state index contributed by atoms with van der Waals surface area (Å²) < 4.78 is 18.5. The topological polar surface area (TPSA) is 62.1 Å². The van der Waals surface area contributed by atoms with Crippen molar-refractivity contribution in [3.63, 3.8) is 0 Å². The lowest BCUT2D eigenvalue weighted by atomic mass is 10.00. The number of carbonyl (C=O) groups excluding carboxylic acids is 1. The number of nitriles is 1. The standard InChI is InChI=1S/C13H12BrFN2O2/c14-10-5-8(1-2-11(10)15)13(18)17-12(6-16)9-3-4-19-7-9/h1-2,5,9,12H,3-4,7H2,(H,17,18)/t9-,12-/m1/s1. The van der Waals surface area contributed by atoms with E-state index in [-0.39, 0.29) is 16.3 Å². The number of halogens is 2. The highest BCUT2D eigenvalue weighted by Crippen LogP contribution is 2.19. The van der Waals surface area contributed by atoms with Crippen LogP contribution in [0.1, 0.15) is 16.8 Å². The number of carbonyl (C=O) groups is 1. The number of amides is 1. The minimum absolute atomic E-state index is 0.0119. The summed E-state index contributed by atoms with van der Waals surface area (Å²) in [4.78, 5) is 12.0. The molecule has 1 saturated heterocycles. The molecule has 1 N–H and O–H groups in total. The maximum absolute atomic E-state index is 13.1. The summed E-state index contributed by atoms with van der Waals surface area (Å²) in [5.41, 5.74) is 0.312. The summed E-state index contributed by atoms with van der Waals surface area (Å²) in [6.45, 7) is 1.09. The van der Waals surface area contributed by atoms with E-state index in [0.29, 0.717) is 18.8 Å². The molecule has 1 aliphatic heterocycles. The molecule has 0 spiro atoms. The van der Waals surface area contributed by atoms with Gasteiger partial charge < -0.3 is 10.1 Å². The molecular weight excluding hydrogens is 315 g/mol. The van der Waals surface area contributed by atoms with Gasteiger partial charge in [0.15, 0.2) is 0 Å². The summed E-state index contributed by atoms with van der Waals surface area (Å²) in [7, 11) is 0. The van der Waals surface area contributed by atoms with E-state index in [1.807, 2.05) is 0 Å². The number of hydrogen-bond acceptors (Lipinski definition) is 3. The Hall–Kier alpha value is -1.45. The van der Waals surface area contributed by atoms with E-state index in [2.05, 4.69) is 27.3 Å². The zero-order valence-electron chi connectivity index (χ0n) is 10.0. The Morgan fingerprint density at radius 1 is 1.63 bits per heavy atom. The van der Waals surface area contributed by atoms with Crippen molar-refractivity contribution in [3.05, 3.63) is 34.1 Å². The van der Waals surface area contributed by atoms with Crippen LogP contribution < -0.4 is 5.32 Å². The van der Waals surface area contributed by atoms with Gasteiger partial charge in [0.1, 0.15) is 11.9 Å². The highest BCUT2D eigenvalue weighted by Gasteiger charge is 2.27. The first kappa shape index (κ1) is 14.0. The van der Waals surface area contributed by atoms with E-state index in [1.165, 1.54) is 18.2 Å². The molecule has 1 fully saturated rings. The zero-order chi connectivity index (χ0) is 13.8. The first-order valence-electron chi connectivity index (χ1n) is 5.85. The Morgan fingerprint density at radius 2 is 2.42 bits per heavy atom. The van der Waals surface area contributed by atoms with E-state index in [4.69, 9.17) is 10.00 Å².